The normalized spacial score (nSPS) is 9.92. The predicted molar refractivity (Wildman–Crippen MR) is 53.2 cm³/mol. The third-order valence-electron chi connectivity index (χ3n) is 1.73. The Morgan fingerprint density at radius 3 is 2.77 bits per heavy atom. The van der Waals surface area contributed by atoms with Gasteiger partial charge in [0.1, 0.15) is 5.78 Å². The molecule has 0 aliphatic heterocycles. The Morgan fingerprint density at radius 1 is 1.46 bits per heavy atom. The molecule has 0 aliphatic carbocycles. The lowest BCUT2D eigenvalue weighted by Crippen LogP contribution is -2.06. The maximum atomic E-state index is 11.4. The molecule has 0 aromatic carbocycles. The van der Waals surface area contributed by atoms with Crippen molar-refractivity contribution >= 4 is 22.9 Å². The molecule has 0 amide bonds. The second kappa shape index (κ2) is 4.92. The van der Waals surface area contributed by atoms with Crippen LogP contribution in [0.4, 0.5) is 0 Å². The average Bonchev–Trinajstić information content (AvgIpc) is 2.55. The van der Waals surface area contributed by atoms with Gasteiger partial charge in [-0.3, -0.25) is 9.59 Å². The minimum atomic E-state index is -0.0558. The highest BCUT2D eigenvalue weighted by atomic mass is 32.1. The quantitative estimate of drug-likeness (QED) is 0.536. The number of Topliss-reactive ketones (excluding diaryl/α,β-unsaturated/α-hetero) is 2. The Balaban J connectivity index is 2.47. The molecule has 0 radical (unpaired) electrons. The van der Waals surface area contributed by atoms with Gasteiger partial charge in [-0.15, -0.1) is 0 Å². The Hall–Kier alpha value is -0.960. The number of thiophene rings is 1. The third kappa shape index (κ3) is 3.11. The molecular weight excluding hydrogens is 184 g/mol. The number of hydrogen-bond acceptors (Lipinski definition) is 3. The van der Waals surface area contributed by atoms with Gasteiger partial charge < -0.3 is 0 Å². The van der Waals surface area contributed by atoms with Crippen LogP contribution >= 0.6 is 11.3 Å². The monoisotopic (exact) mass is 196 g/mol. The first-order valence-electron chi connectivity index (χ1n) is 4.31. The van der Waals surface area contributed by atoms with Gasteiger partial charge in [-0.05, 0) is 17.9 Å². The van der Waals surface area contributed by atoms with Crippen molar-refractivity contribution in [2.45, 2.75) is 26.2 Å². The molecule has 0 unspecified atom stereocenters. The molecule has 1 aromatic rings. The zero-order valence-electron chi connectivity index (χ0n) is 7.58. The highest BCUT2D eigenvalue weighted by molar-refractivity contribution is 7.08. The lowest BCUT2D eigenvalue weighted by atomic mass is 10.1. The van der Waals surface area contributed by atoms with E-state index >= 15 is 0 Å². The van der Waals surface area contributed by atoms with Crippen molar-refractivity contribution in [1.29, 1.82) is 0 Å². The lowest BCUT2D eigenvalue weighted by molar-refractivity contribution is -0.118. The van der Waals surface area contributed by atoms with E-state index in [-0.39, 0.29) is 18.0 Å². The molecule has 1 aromatic heterocycles. The van der Waals surface area contributed by atoms with Crippen LogP contribution in [0.2, 0.25) is 0 Å². The molecule has 0 bridgehead atoms. The Kier molecular flexibility index (Phi) is 3.83. The van der Waals surface area contributed by atoms with Crippen molar-refractivity contribution in [2.24, 2.45) is 0 Å². The molecule has 70 valence electrons. The Bertz CT molecular complexity index is 288. The standard InChI is InChI=1S/C10H12O2S/c1-2-3-9(11)6-10(12)8-4-5-13-7-8/h4-5,7H,2-3,6H2,1H3. The highest BCUT2D eigenvalue weighted by Gasteiger charge is 2.10. The minimum absolute atomic E-state index is 0.0405. The first-order chi connectivity index (χ1) is 6.24. The van der Waals surface area contributed by atoms with Crippen molar-refractivity contribution in [3.63, 3.8) is 0 Å². The van der Waals surface area contributed by atoms with E-state index < -0.39 is 0 Å². The van der Waals surface area contributed by atoms with E-state index in [4.69, 9.17) is 0 Å². The summed E-state index contributed by atoms with van der Waals surface area (Å²) >= 11 is 1.48. The van der Waals surface area contributed by atoms with Crippen LogP contribution in [0, 0.1) is 0 Å². The van der Waals surface area contributed by atoms with Crippen molar-refractivity contribution in [3.05, 3.63) is 22.4 Å². The SMILES string of the molecule is CCCC(=O)CC(=O)c1ccsc1. The fraction of sp³-hybridized carbons (Fsp3) is 0.400. The summed E-state index contributed by atoms with van der Waals surface area (Å²) in [6.45, 7) is 1.94. The third-order valence-corrected chi connectivity index (χ3v) is 2.41. The Labute approximate surface area is 81.6 Å². The van der Waals surface area contributed by atoms with Crippen molar-refractivity contribution in [3.8, 4) is 0 Å². The van der Waals surface area contributed by atoms with Crippen LogP contribution < -0.4 is 0 Å². The van der Waals surface area contributed by atoms with Gasteiger partial charge in [0.15, 0.2) is 5.78 Å². The summed E-state index contributed by atoms with van der Waals surface area (Å²) in [5, 5.41) is 3.62. The second-order valence-corrected chi connectivity index (χ2v) is 3.68. The van der Waals surface area contributed by atoms with Gasteiger partial charge in [-0.25, -0.2) is 0 Å². The maximum Gasteiger partial charge on any atom is 0.171 e. The first kappa shape index (κ1) is 10.1. The number of carbonyl (C=O) groups is 2. The molecule has 2 nitrogen and oxygen atoms in total. The molecule has 0 aliphatic rings. The van der Waals surface area contributed by atoms with E-state index in [1.807, 2.05) is 12.3 Å². The predicted octanol–water partition coefficient (Wildman–Crippen LogP) is 2.69. The van der Waals surface area contributed by atoms with Crippen LogP contribution in [0.1, 0.15) is 36.5 Å². The molecule has 13 heavy (non-hydrogen) atoms. The molecule has 3 heteroatoms. The van der Waals surface area contributed by atoms with Crippen molar-refractivity contribution in [1.82, 2.24) is 0 Å². The van der Waals surface area contributed by atoms with Gasteiger partial charge in [-0.2, -0.15) is 11.3 Å². The summed E-state index contributed by atoms with van der Waals surface area (Å²) in [5.74, 6) is -0.0154. The van der Waals surface area contributed by atoms with E-state index in [9.17, 15) is 9.59 Å². The summed E-state index contributed by atoms with van der Waals surface area (Å²) in [5.41, 5.74) is 0.662. The zero-order chi connectivity index (χ0) is 9.68. The highest BCUT2D eigenvalue weighted by Crippen LogP contribution is 2.09. The maximum absolute atomic E-state index is 11.4. The summed E-state index contributed by atoms with van der Waals surface area (Å²) in [6.07, 6.45) is 1.39. The lowest BCUT2D eigenvalue weighted by Gasteiger charge is -1.95. The van der Waals surface area contributed by atoms with Gasteiger partial charge in [-0.1, -0.05) is 6.92 Å². The van der Waals surface area contributed by atoms with Crippen LogP contribution in [0.5, 0.6) is 0 Å². The molecule has 0 fully saturated rings. The van der Waals surface area contributed by atoms with E-state index in [2.05, 4.69) is 0 Å². The molecule has 0 saturated heterocycles. The number of hydrogen-bond donors (Lipinski definition) is 0. The van der Waals surface area contributed by atoms with Gasteiger partial charge in [0.05, 0.1) is 6.42 Å². The summed E-state index contributed by atoms with van der Waals surface area (Å²) in [7, 11) is 0. The summed E-state index contributed by atoms with van der Waals surface area (Å²) in [4.78, 5) is 22.5. The minimum Gasteiger partial charge on any atom is -0.299 e. The second-order valence-electron chi connectivity index (χ2n) is 2.90. The number of rotatable bonds is 5. The van der Waals surface area contributed by atoms with Crippen LogP contribution in [0.15, 0.2) is 16.8 Å². The Morgan fingerprint density at radius 2 is 2.23 bits per heavy atom. The van der Waals surface area contributed by atoms with E-state index in [1.165, 1.54) is 11.3 Å². The van der Waals surface area contributed by atoms with Crippen LogP contribution in [0.25, 0.3) is 0 Å². The fourth-order valence-electron chi connectivity index (χ4n) is 1.07. The fourth-order valence-corrected chi connectivity index (χ4v) is 1.73. The van der Waals surface area contributed by atoms with Crippen molar-refractivity contribution < 1.29 is 9.59 Å². The summed E-state index contributed by atoms with van der Waals surface area (Å²) in [6, 6.07) is 1.76. The van der Waals surface area contributed by atoms with Crippen LogP contribution in [0.3, 0.4) is 0 Å². The van der Waals surface area contributed by atoms with E-state index in [0.29, 0.717) is 12.0 Å². The van der Waals surface area contributed by atoms with Crippen LogP contribution in [-0.2, 0) is 4.79 Å². The molecular formula is C10H12O2S. The topological polar surface area (TPSA) is 34.1 Å². The number of ketones is 2. The zero-order valence-corrected chi connectivity index (χ0v) is 8.39. The van der Waals surface area contributed by atoms with E-state index in [0.717, 1.165) is 6.42 Å². The molecule has 0 atom stereocenters. The van der Waals surface area contributed by atoms with Crippen LogP contribution in [-0.4, -0.2) is 11.6 Å². The van der Waals surface area contributed by atoms with E-state index in [1.54, 1.807) is 11.4 Å². The van der Waals surface area contributed by atoms with Crippen molar-refractivity contribution in [2.75, 3.05) is 0 Å². The molecule has 0 N–H and O–H groups in total. The van der Waals surface area contributed by atoms with Gasteiger partial charge in [0.2, 0.25) is 0 Å². The number of carbonyl (C=O) groups excluding carboxylic acids is 2. The van der Waals surface area contributed by atoms with Gasteiger partial charge >= 0.3 is 0 Å². The van der Waals surface area contributed by atoms with Gasteiger partial charge in [0.25, 0.3) is 0 Å². The van der Waals surface area contributed by atoms with Gasteiger partial charge in [0, 0.05) is 17.4 Å². The summed E-state index contributed by atoms with van der Waals surface area (Å²) < 4.78 is 0. The molecule has 0 saturated carbocycles. The molecule has 1 rings (SSSR count). The average molecular weight is 196 g/mol. The largest absolute Gasteiger partial charge is 0.299 e. The molecule has 1 heterocycles. The smallest absolute Gasteiger partial charge is 0.171 e. The first-order valence-corrected chi connectivity index (χ1v) is 5.25. The molecule has 0 spiro atoms.